The molecule has 2 aliphatic rings. The van der Waals surface area contributed by atoms with Crippen molar-refractivity contribution in [3.05, 3.63) is 24.2 Å². The number of furan rings is 1. The summed E-state index contributed by atoms with van der Waals surface area (Å²) < 4.78 is 5.15. The molecule has 1 aromatic heterocycles. The van der Waals surface area contributed by atoms with Gasteiger partial charge in [0.2, 0.25) is 5.91 Å². The smallest absolute Gasteiger partial charge is 0.315 e. The third-order valence-electron chi connectivity index (χ3n) is 5.30. The molecule has 3 rings (SSSR count). The van der Waals surface area contributed by atoms with E-state index in [0.29, 0.717) is 24.3 Å². The summed E-state index contributed by atoms with van der Waals surface area (Å²) >= 11 is 0. The van der Waals surface area contributed by atoms with Crippen LogP contribution in [-0.4, -0.2) is 36.0 Å². The van der Waals surface area contributed by atoms with E-state index in [1.54, 1.807) is 18.4 Å². The number of nitrogens with zero attached hydrogens (tertiary/aromatic N) is 1. The molecule has 0 radical (unpaired) electrons. The molecule has 2 N–H and O–H groups in total. The number of carbonyl (C=O) groups is 2. The molecule has 1 aliphatic carbocycles. The highest BCUT2D eigenvalue weighted by Gasteiger charge is 2.37. The lowest BCUT2D eigenvalue weighted by atomic mass is 9.74. The van der Waals surface area contributed by atoms with Gasteiger partial charge in [0.1, 0.15) is 5.76 Å². The van der Waals surface area contributed by atoms with Crippen molar-refractivity contribution in [3.8, 4) is 0 Å². The number of carbonyl (C=O) groups excluding carboxylic acids is 2. The van der Waals surface area contributed by atoms with E-state index in [-0.39, 0.29) is 18.5 Å². The summed E-state index contributed by atoms with van der Waals surface area (Å²) in [5.41, 5.74) is 0. The van der Waals surface area contributed by atoms with Crippen LogP contribution in [0, 0.1) is 11.8 Å². The van der Waals surface area contributed by atoms with Crippen molar-refractivity contribution in [1.29, 1.82) is 0 Å². The number of hydrogen-bond donors (Lipinski definition) is 2. The number of likely N-dealkylation sites (tertiary alicyclic amines) is 1. The van der Waals surface area contributed by atoms with E-state index in [1.165, 1.54) is 19.3 Å². The first-order valence-electron chi connectivity index (χ1n) is 8.97. The fourth-order valence-corrected chi connectivity index (χ4v) is 4.10. The molecular formula is C18H27N3O3. The molecule has 132 valence electrons. The second kappa shape index (κ2) is 7.73. The van der Waals surface area contributed by atoms with Gasteiger partial charge in [-0.1, -0.05) is 6.92 Å². The van der Waals surface area contributed by atoms with Crippen LogP contribution in [0.2, 0.25) is 0 Å². The number of fused-ring (bicyclic) bond motifs is 1. The summed E-state index contributed by atoms with van der Waals surface area (Å²) in [6, 6.07) is 3.60. The Labute approximate surface area is 143 Å². The van der Waals surface area contributed by atoms with Crippen LogP contribution in [0.4, 0.5) is 4.79 Å². The summed E-state index contributed by atoms with van der Waals surface area (Å²) in [5.74, 6) is 2.13. The molecule has 0 spiro atoms. The number of nitrogens with one attached hydrogen (secondary N) is 2. The van der Waals surface area contributed by atoms with Crippen LogP contribution >= 0.6 is 0 Å². The number of rotatable bonds is 4. The van der Waals surface area contributed by atoms with Gasteiger partial charge in [0.15, 0.2) is 0 Å². The maximum absolute atomic E-state index is 12.5. The van der Waals surface area contributed by atoms with E-state index in [4.69, 9.17) is 4.42 Å². The second-order valence-corrected chi connectivity index (χ2v) is 7.09. The zero-order chi connectivity index (χ0) is 16.9. The Bertz CT molecular complexity index is 558. The average molecular weight is 333 g/mol. The molecular weight excluding hydrogens is 306 g/mol. The minimum absolute atomic E-state index is 0.0346. The highest BCUT2D eigenvalue weighted by atomic mass is 16.3. The van der Waals surface area contributed by atoms with Crippen LogP contribution < -0.4 is 10.6 Å². The molecule has 3 atom stereocenters. The molecule has 1 saturated carbocycles. The first kappa shape index (κ1) is 16.9. The summed E-state index contributed by atoms with van der Waals surface area (Å²) in [7, 11) is 0. The minimum atomic E-state index is -0.342. The maximum Gasteiger partial charge on any atom is 0.315 e. The Balaban J connectivity index is 1.44. The summed E-state index contributed by atoms with van der Waals surface area (Å²) in [6.45, 7) is 3.51. The number of urea groups is 1. The zero-order valence-corrected chi connectivity index (χ0v) is 14.3. The Kier molecular flexibility index (Phi) is 5.43. The molecule has 6 heteroatoms. The van der Waals surface area contributed by atoms with Crippen LogP contribution in [0.1, 0.15) is 44.8 Å². The number of hydrogen-bond acceptors (Lipinski definition) is 3. The molecule has 0 bridgehead atoms. The van der Waals surface area contributed by atoms with Crippen molar-refractivity contribution in [2.75, 3.05) is 13.1 Å². The van der Waals surface area contributed by atoms with Gasteiger partial charge >= 0.3 is 6.03 Å². The van der Waals surface area contributed by atoms with Crippen LogP contribution in [0.15, 0.2) is 22.8 Å². The standard InChI is InChI=1S/C18H27N3O3/c1-13-6-7-16-14(10-13)4-2-8-21(16)17(22)12-20-18(23)19-11-15-5-3-9-24-15/h3,5,9,13-14,16H,2,4,6-8,10-12H2,1H3,(H2,19,20,23)/t13-,14+,16-/m1/s1. The highest BCUT2D eigenvalue weighted by Crippen LogP contribution is 2.37. The van der Waals surface area contributed by atoms with Gasteiger partial charge in [0, 0.05) is 12.6 Å². The van der Waals surface area contributed by atoms with Crippen molar-refractivity contribution < 1.29 is 14.0 Å². The average Bonchev–Trinajstić information content (AvgIpc) is 3.10. The van der Waals surface area contributed by atoms with Crippen molar-refractivity contribution in [2.45, 2.75) is 51.6 Å². The predicted molar refractivity (Wildman–Crippen MR) is 90.2 cm³/mol. The lowest BCUT2D eigenvalue weighted by molar-refractivity contribution is -0.136. The molecule has 6 nitrogen and oxygen atoms in total. The highest BCUT2D eigenvalue weighted by molar-refractivity contribution is 5.84. The third kappa shape index (κ3) is 4.10. The van der Waals surface area contributed by atoms with Crippen molar-refractivity contribution in [2.24, 2.45) is 11.8 Å². The van der Waals surface area contributed by atoms with Crippen LogP contribution in [0.25, 0.3) is 0 Å². The van der Waals surface area contributed by atoms with Crippen LogP contribution in [0.5, 0.6) is 0 Å². The lowest BCUT2D eigenvalue weighted by Gasteiger charge is -2.45. The zero-order valence-electron chi connectivity index (χ0n) is 14.3. The SMILES string of the molecule is C[C@@H]1CC[C@@H]2[C@@H](CCCN2C(=O)CNC(=O)NCc2ccco2)C1. The quantitative estimate of drug-likeness (QED) is 0.889. The van der Waals surface area contributed by atoms with E-state index in [9.17, 15) is 9.59 Å². The Hall–Kier alpha value is -1.98. The van der Waals surface area contributed by atoms with Crippen LogP contribution in [-0.2, 0) is 11.3 Å². The van der Waals surface area contributed by atoms with Gasteiger partial charge in [-0.25, -0.2) is 4.79 Å². The van der Waals surface area contributed by atoms with Gasteiger partial charge in [0.25, 0.3) is 0 Å². The molecule has 1 aliphatic heterocycles. The van der Waals surface area contributed by atoms with E-state index >= 15 is 0 Å². The summed E-state index contributed by atoms with van der Waals surface area (Å²) in [5, 5.41) is 5.35. The largest absolute Gasteiger partial charge is 0.467 e. The third-order valence-corrected chi connectivity index (χ3v) is 5.30. The molecule has 24 heavy (non-hydrogen) atoms. The monoisotopic (exact) mass is 333 g/mol. The van der Waals surface area contributed by atoms with Crippen molar-refractivity contribution >= 4 is 11.9 Å². The maximum atomic E-state index is 12.5. The van der Waals surface area contributed by atoms with Crippen molar-refractivity contribution in [3.63, 3.8) is 0 Å². The normalized spacial score (nSPS) is 26.5. The van der Waals surface area contributed by atoms with E-state index in [0.717, 1.165) is 25.3 Å². The van der Waals surface area contributed by atoms with Gasteiger partial charge in [-0.15, -0.1) is 0 Å². The van der Waals surface area contributed by atoms with E-state index in [2.05, 4.69) is 17.6 Å². The molecule has 2 fully saturated rings. The Morgan fingerprint density at radius 3 is 2.96 bits per heavy atom. The molecule has 1 aromatic rings. The first-order valence-corrected chi connectivity index (χ1v) is 8.97. The van der Waals surface area contributed by atoms with Crippen molar-refractivity contribution in [1.82, 2.24) is 15.5 Å². The molecule has 3 amide bonds. The molecule has 1 saturated heterocycles. The number of amides is 3. The van der Waals surface area contributed by atoms with Gasteiger partial charge in [-0.05, 0) is 56.1 Å². The summed E-state index contributed by atoms with van der Waals surface area (Å²) in [6.07, 6.45) is 7.40. The topological polar surface area (TPSA) is 74.6 Å². The van der Waals surface area contributed by atoms with Gasteiger partial charge in [-0.3, -0.25) is 4.79 Å². The second-order valence-electron chi connectivity index (χ2n) is 7.09. The Morgan fingerprint density at radius 1 is 1.29 bits per heavy atom. The van der Waals surface area contributed by atoms with Gasteiger partial charge < -0.3 is 20.0 Å². The molecule has 2 heterocycles. The van der Waals surface area contributed by atoms with Gasteiger partial charge in [0.05, 0.1) is 19.4 Å². The molecule has 0 unspecified atom stereocenters. The minimum Gasteiger partial charge on any atom is -0.467 e. The van der Waals surface area contributed by atoms with E-state index < -0.39 is 0 Å². The Morgan fingerprint density at radius 2 is 2.17 bits per heavy atom. The molecule has 0 aromatic carbocycles. The lowest BCUT2D eigenvalue weighted by Crippen LogP contribution is -2.53. The van der Waals surface area contributed by atoms with Gasteiger partial charge in [-0.2, -0.15) is 0 Å². The fraction of sp³-hybridized carbons (Fsp3) is 0.667. The fourth-order valence-electron chi connectivity index (χ4n) is 4.10. The summed E-state index contributed by atoms with van der Waals surface area (Å²) in [4.78, 5) is 26.4. The first-order chi connectivity index (χ1) is 11.6. The predicted octanol–water partition coefficient (Wildman–Crippen LogP) is 2.51. The van der Waals surface area contributed by atoms with Crippen LogP contribution in [0.3, 0.4) is 0 Å². The van der Waals surface area contributed by atoms with E-state index in [1.807, 2.05) is 4.90 Å². The number of piperidine rings is 1.